The van der Waals surface area contributed by atoms with Gasteiger partial charge in [0, 0.05) is 18.0 Å². The molecule has 1 aliphatic carbocycles. The molecular weight excluding hydrogens is 296 g/mol. The molecule has 1 N–H and O–H groups in total. The van der Waals surface area contributed by atoms with Crippen LogP contribution in [0, 0.1) is 0 Å². The van der Waals surface area contributed by atoms with E-state index in [-0.39, 0.29) is 11.9 Å². The second-order valence-electron chi connectivity index (χ2n) is 5.39. The Balaban J connectivity index is 1.41. The molecule has 3 aromatic rings. The van der Waals surface area contributed by atoms with E-state index in [9.17, 15) is 4.79 Å². The van der Waals surface area contributed by atoms with E-state index in [4.69, 9.17) is 4.52 Å². The number of thiophene rings is 1. The molecule has 22 heavy (non-hydrogen) atoms. The third-order valence-corrected chi connectivity index (χ3v) is 4.73. The highest BCUT2D eigenvalue weighted by molar-refractivity contribution is 7.13. The highest BCUT2D eigenvalue weighted by atomic mass is 32.1. The number of amides is 1. The molecule has 0 unspecified atom stereocenters. The Hall–Kier alpha value is -2.40. The van der Waals surface area contributed by atoms with E-state index in [1.54, 1.807) is 17.4 Å². The molecule has 5 heteroatoms. The van der Waals surface area contributed by atoms with Crippen LogP contribution in [0.4, 0.5) is 0 Å². The largest absolute Gasteiger partial charge is 0.355 e. The molecule has 110 valence electrons. The average molecular weight is 310 g/mol. The molecule has 0 radical (unpaired) electrons. The van der Waals surface area contributed by atoms with E-state index in [0.29, 0.717) is 17.4 Å². The predicted molar refractivity (Wildman–Crippen MR) is 84.9 cm³/mol. The summed E-state index contributed by atoms with van der Waals surface area (Å²) in [6.45, 7) is 0. The van der Waals surface area contributed by atoms with E-state index >= 15 is 0 Å². The number of nitrogens with one attached hydrogen (secondary N) is 1. The molecule has 1 amide bonds. The van der Waals surface area contributed by atoms with Gasteiger partial charge in [-0.3, -0.25) is 4.79 Å². The molecule has 0 saturated heterocycles. The Morgan fingerprint density at radius 3 is 2.86 bits per heavy atom. The normalized spacial score (nSPS) is 19.8. The molecule has 2 atom stereocenters. The van der Waals surface area contributed by atoms with E-state index in [1.807, 2.05) is 35.7 Å². The Morgan fingerprint density at radius 1 is 1.23 bits per heavy atom. The van der Waals surface area contributed by atoms with Crippen molar-refractivity contribution < 1.29 is 9.32 Å². The first-order valence-corrected chi connectivity index (χ1v) is 8.05. The minimum Gasteiger partial charge on any atom is -0.355 e. The van der Waals surface area contributed by atoms with Crippen LogP contribution in [0.5, 0.6) is 0 Å². The Kier molecular flexibility index (Phi) is 3.27. The lowest BCUT2D eigenvalue weighted by Crippen LogP contribution is -2.26. The zero-order chi connectivity index (χ0) is 14.9. The first-order chi connectivity index (χ1) is 10.8. The first-order valence-electron chi connectivity index (χ1n) is 7.17. The number of rotatable bonds is 4. The van der Waals surface area contributed by atoms with Crippen molar-refractivity contribution in [2.75, 3.05) is 0 Å². The Labute approximate surface area is 131 Å². The molecule has 0 bridgehead atoms. The van der Waals surface area contributed by atoms with Crippen molar-refractivity contribution in [1.29, 1.82) is 0 Å². The Morgan fingerprint density at radius 2 is 2.09 bits per heavy atom. The molecule has 2 aromatic heterocycles. The number of nitrogens with zero attached hydrogens (tertiary/aromatic N) is 1. The number of hydrogen-bond donors (Lipinski definition) is 1. The summed E-state index contributed by atoms with van der Waals surface area (Å²) in [5.41, 5.74) is 1.61. The lowest BCUT2D eigenvalue weighted by molar-refractivity contribution is 0.0941. The minimum absolute atomic E-state index is 0.171. The average Bonchev–Trinajstić information content (AvgIpc) is 2.99. The zero-order valence-electron chi connectivity index (χ0n) is 11.7. The second kappa shape index (κ2) is 5.42. The van der Waals surface area contributed by atoms with Gasteiger partial charge in [0.1, 0.15) is 0 Å². The van der Waals surface area contributed by atoms with Gasteiger partial charge in [0.15, 0.2) is 11.5 Å². The van der Waals surface area contributed by atoms with E-state index in [1.165, 1.54) is 5.56 Å². The van der Waals surface area contributed by atoms with Gasteiger partial charge in [0.25, 0.3) is 5.91 Å². The van der Waals surface area contributed by atoms with Crippen LogP contribution in [-0.2, 0) is 0 Å². The van der Waals surface area contributed by atoms with Gasteiger partial charge in [0.05, 0.1) is 4.88 Å². The lowest BCUT2D eigenvalue weighted by Gasteiger charge is -2.02. The van der Waals surface area contributed by atoms with Crippen LogP contribution in [-0.4, -0.2) is 17.1 Å². The van der Waals surface area contributed by atoms with Gasteiger partial charge in [-0.25, -0.2) is 0 Å². The molecule has 0 spiro atoms. The fourth-order valence-electron chi connectivity index (χ4n) is 2.58. The van der Waals surface area contributed by atoms with Crippen LogP contribution in [0.15, 0.2) is 58.4 Å². The fourth-order valence-corrected chi connectivity index (χ4v) is 3.26. The minimum atomic E-state index is -0.171. The summed E-state index contributed by atoms with van der Waals surface area (Å²) in [4.78, 5) is 13.2. The second-order valence-corrected chi connectivity index (χ2v) is 6.33. The summed E-state index contributed by atoms with van der Waals surface area (Å²) in [6, 6.07) is 16.0. The van der Waals surface area contributed by atoms with Gasteiger partial charge in [0.2, 0.25) is 0 Å². The Bertz CT molecular complexity index is 780. The maximum absolute atomic E-state index is 12.2. The molecule has 0 aliphatic heterocycles. The van der Waals surface area contributed by atoms with Crippen molar-refractivity contribution in [1.82, 2.24) is 10.5 Å². The van der Waals surface area contributed by atoms with Crippen LogP contribution >= 0.6 is 11.3 Å². The monoisotopic (exact) mass is 310 g/mol. The van der Waals surface area contributed by atoms with E-state index < -0.39 is 0 Å². The third-order valence-electron chi connectivity index (χ3n) is 3.84. The molecule has 1 aromatic carbocycles. The third kappa shape index (κ3) is 2.55. The summed E-state index contributed by atoms with van der Waals surface area (Å²) in [6.07, 6.45) is 0.978. The summed E-state index contributed by atoms with van der Waals surface area (Å²) in [5.74, 6) is 0.874. The van der Waals surface area contributed by atoms with Crippen molar-refractivity contribution in [3.05, 3.63) is 65.2 Å². The molecule has 1 fully saturated rings. The molecular formula is C17H14N2O2S. The lowest BCUT2D eigenvalue weighted by atomic mass is 10.1. The van der Waals surface area contributed by atoms with Crippen molar-refractivity contribution in [2.24, 2.45) is 0 Å². The molecule has 1 saturated carbocycles. The summed E-state index contributed by atoms with van der Waals surface area (Å²) < 4.78 is 5.24. The van der Waals surface area contributed by atoms with E-state index in [2.05, 4.69) is 22.6 Å². The van der Waals surface area contributed by atoms with Crippen LogP contribution in [0.2, 0.25) is 0 Å². The summed E-state index contributed by atoms with van der Waals surface area (Å²) in [7, 11) is 0. The SMILES string of the molecule is O=C(N[C@H]1C[C@@H]1c1ccccc1)c1cc(-c2cccs2)on1. The van der Waals surface area contributed by atoms with Gasteiger partial charge in [-0.15, -0.1) is 11.3 Å². The smallest absolute Gasteiger partial charge is 0.273 e. The van der Waals surface area contributed by atoms with Crippen LogP contribution < -0.4 is 5.32 Å². The summed E-state index contributed by atoms with van der Waals surface area (Å²) >= 11 is 1.56. The van der Waals surface area contributed by atoms with Crippen molar-refractivity contribution >= 4 is 17.2 Å². The number of carbonyl (C=O) groups excluding carboxylic acids is 1. The highest BCUT2D eigenvalue weighted by Gasteiger charge is 2.39. The molecule has 2 heterocycles. The van der Waals surface area contributed by atoms with Gasteiger partial charge in [-0.05, 0) is 23.4 Å². The van der Waals surface area contributed by atoms with Crippen LogP contribution in [0.25, 0.3) is 10.6 Å². The zero-order valence-corrected chi connectivity index (χ0v) is 12.5. The number of aromatic nitrogens is 1. The topological polar surface area (TPSA) is 55.1 Å². The van der Waals surface area contributed by atoms with Crippen LogP contribution in [0.3, 0.4) is 0 Å². The first kappa shape index (κ1) is 13.3. The quantitative estimate of drug-likeness (QED) is 0.799. The van der Waals surface area contributed by atoms with Crippen LogP contribution in [0.1, 0.15) is 28.4 Å². The van der Waals surface area contributed by atoms with Crippen molar-refractivity contribution in [2.45, 2.75) is 18.4 Å². The maximum Gasteiger partial charge on any atom is 0.273 e. The molecule has 4 nitrogen and oxygen atoms in total. The molecule has 1 aliphatic rings. The van der Waals surface area contributed by atoms with Crippen molar-refractivity contribution in [3.63, 3.8) is 0 Å². The maximum atomic E-state index is 12.2. The number of hydrogen-bond acceptors (Lipinski definition) is 4. The van der Waals surface area contributed by atoms with Crippen molar-refractivity contribution in [3.8, 4) is 10.6 Å². The van der Waals surface area contributed by atoms with Gasteiger partial charge in [-0.1, -0.05) is 41.6 Å². The van der Waals surface area contributed by atoms with E-state index in [0.717, 1.165) is 11.3 Å². The van der Waals surface area contributed by atoms with Gasteiger partial charge < -0.3 is 9.84 Å². The predicted octanol–water partition coefficient (Wildman–Crippen LogP) is 3.69. The number of carbonyl (C=O) groups is 1. The fraction of sp³-hybridized carbons (Fsp3) is 0.176. The number of benzene rings is 1. The highest BCUT2D eigenvalue weighted by Crippen LogP contribution is 2.40. The van der Waals surface area contributed by atoms with Gasteiger partial charge >= 0.3 is 0 Å². The summed E-state index contributed by atoms with van der Waals surface area (Å²) in [5, 5.41) is 8.85. The molecule has 4 rings (SSSR count). The van der Waals surface area contributed by atoms with Gasteiger partial charge in [-0.2, -0.15) is 0 Å². The standard InChI is InChI=1S/C17H14N2O2S/c20-17(14-10-15(21-19-14)16-7-4-8-22-16)18-13-9-12(13)11-5-2-1-3-6-11/h1-8,10,12-13H,9H2,(H,18,20)/t12-,13+/m1/s1.